The van der Waals surface area contributed by atoms with Crippen LogP contribution < -0.4 is 0 Å². The van der Waals surface area contributed by atoms with Crippen LogP contribution in [0, 0.1) is 0 Å². The Morgan fingerprint density at radius 3 is 2.79 bits per heavy atom. The molecular weight excluding hydrogens is 320 g/mol. The number of hydrogen-bond donors (Lipinski definition) is 1. The Labute approximate surface area is 149 Å². The molecule has 0 bridgehead atoms. The van der Waals surface area contributed by atoms with Gasteiger partial charge in [0.15, 0.2) is 5.60 Å². The summed E-state index contributed by atoms with van der Waals surface area (Å²) < 4.78 is 0. The topological polar surface area (TPSA) is 43.8 Å². The molecule has 2 aliphatic heterocycles. The van der Waals surface area contributed by atoms with Crippen LogP contribution in [0.2, 0.25) is 0 Å². The molecule has 1 aromatic rings. The Morgan fingerprint density at radius 2 is 2.17 bits per heavy atom. The van der Waals surface area contributed by atoms with Gasteiger partial charge in [0, 0.05) is 38.0 Å². The first-order valence-electron chi connectivity index (χ1n) is 8.85. The molecule has 2 fully saturated rings. The first kappa shape index (κ1) is 17.8. The van der Waals surface area contributed by atoms with Crippen LogP contribution in [0.1, 0.15) is 31.7 Å². The van der Waals surface area contributed by atoms with Gasteiger partial charge in [0.05, 0.1) is 0 Å². The van der Waals surface area contributed by atoms with Crippen molar-refractivity contribution < 1.29 is 9.90 Å². The minimum Gasteiger partial charge on any atom is -0.379 e. The van der Waals surface area contributed by atoms with Crippen molar-refractivity contribution in [2.45, 2.75) is 50.4 Å². The van der Waals surface area contributed by atoms with Gasteiger partial charge in [-0.25, -0.2) is 0 Å². The molecule has 0 aliphatic carbocycles. The molecule has 0 aromatic heterocycles. The number of hydrogen-bond acceptors (Lipinski definition) is 4. The fraction of sp³-hybridized carbons (Fsp3) is 0.632. The Morgan fingerprint density at radius 1 is 1.42 bits per heavy atom. The number of carbonyl (C=O) groups excluding carboxylic acids is 1. The molecule has 4 nitrogen and oxygen atoms in total. The van der Waals surface area contributed by atoms with E-state index in [1.165, 1.54) is 5.56 Å². The number of nitrogens with zero attached hydrogens (tertiary/aromatic N) is 2. The molecule has 0 spiro atoms. The third-order valence-corrected chi connectivity index (χ3v) is 6.66. The molecule has 132 valence electrons. The SMILES string of the molecule is CC1CC(N(C)C(=O)C2(O)CCSC2)CCN1Cc1ccccc1. The van der Waals surface area contributed by atoms with Crippen molar-refractivity contribution in [3.63, 3.8) is 0 Å². The highest BCUT2D eigenvalue weighted by molar-refractivity contribution is 7.99. The summed E-state index contributed by atoms with van der Waals surface area (Å²) in [4.78, 5) is 17.0. The van der Waals surface area contributed by atoms with Crippen molar-refractivity contribution in [2.24, 2.45) is 0 Å². The zero-order valence-electron chi connectivity index (χ0n) is 14.6. The number of piperidine rings is 1. The monoisotopic (exact) mass is 348 g/mol. The van der Waals surface area contributed by atoms with Gasteiger partial charge < -0.3 is 10.0 Å². The highest BCUT2D eigenvalue weighted by Crippen LogP contribution is 2.31. The number of benzene rings is 1. The van der Waals surface area contributed by atoms with E-state index in [4.69, 9.17) is 0 Å². The van der Waals surface area contributed by atoms with E-state index in [9.17, 15) is 9.90 Å². The molecule has 1 amide bonds. The van der Waals surface area contributed by atoms with Gasteiger partial charge in [0.25, 0.3) is 5.91 Å². The fourth-order valence-corrected chi connectivity index (χ4v) is 5.05. The summed E-state index contributed by atoms with van der Waals surface area (Å²) in [6, 6.07) is 11.2. The van der Waals surface area contributed by atoms with Crippen LogP contribution in [0.4, 0.5) is 0 Å². The number of aliphatic hydroxyl groups is 1. The van der Waals surface area contributed by atoms with Gasteiger partial charge in [0.2, 0.25) is 0 Å². The van der Waals surface area contributed by atoms with E-state index in [0.717, 1.165) is 31.7 Å². The Balaban J connectivity index is 1.57. The van der Waals surface area contributed by atoms with Crippen LogP contribution >= 0.6 is 11.8 Å². The van der Waals surface area contributed by atoms with Gasteiger partial charge in [-0.3, -0.25) is 9.69 Å². The normalized spacial score (nSPS) is 31.1. The average molecular weight is 349 g/mol. The molecule has 3 rings (SSSR count). The Hall–Kier alpha value is -1.04. The van der Waals surface area contributed by atoms with E-state index in [0.29, 0.717) is 18.2 Å². The summed E-state index contributed by atoms with van der Waals surface area (Å²) in [5.41, 5.74) is 0.202. The number of amides is 1. The molecule has 24 heavy (non-hydrogen) atoms. The van der Waals surface area contributed by atoms with Crippen molar-refractivity contribution in [2.75, 3.05) is 25.1 Å². The fourth-order valence-electron chi connectivity index (χ4n) is 3.82. The molecule has 3 atom stereocenters. The number of thioether (sulfide) groups is 1. The third kappa shape index (κ3) is 3.79. The minimum absolute atomic E-state index is 0.0822. The summed E-state index contributed by atoms with van der Waals surface area (Å²) in [5, 5.41) is 10.6. The first-order valence-corrected chi connectivity index (χ1v) is 10.0. The molecule has 2 aliphatic rings. The maximum Gasteiger partial charge on any atom is 0.255 e. The second-order valence-corrected chi connectivity index (χ2v) is 8.34. The van der Waals surface area contributed by atoms with Crippen LogP contribution in [-0.4, -0.2) is 63.6 Å². The Kier molecular flexibility index (Phi) is 5.52. The number of rotatable bonds is 4. The average Bonchev–Trinajstić information content (AvgIpc) is 3.04. The Bertz CT molecular complexity index is 560. The summed E-state index contributed by atoms with van der Waals surface area (Å²) >= 11 is 1.67. The summed E-state index contributed by atoms with van der Waals surface area (Å²) in [5.74, 6) is 1.34. The van der Waals surface area contributed by atoms with Crippen molar-refractivity contribution in [3.05, 3.63) is 35.9 Å². The molecule has 5 heteroatoms. The van der Waals surface area contributed by atoms with E-state index >= 15 is 0 Å². The van der Waals surface area contributed by atoms with Gasteiger partial charge >= 0.3 is 0 Å². The lowest BCUT2D eigenvalue weighted by Crippen LogP contribution is -2.55. The van der Waals surface area contributed by atoms with Gasteiger partial charge in [-0.2, -0.15) is 11.8 Å². The van der Waals surface area contributed by atoms with E-state index in [1.54, 1.807) is 11.8 Å². The predicted octanol–water partition coefficient (Wildman–Crippen LogP) is 2.37. The first-order chi connectivity index (χ1) is 11.5. The van der Waals surface area contributed by atoms with Gasteiger partial charge in [0.1, 0.15) is 0 Å². The van der Waals surface area contributed by atoms with Gasteiger partial charge in [-0.1, -0.05) is 30.3 Å². The molecule has 3 unspecified atom stereocenters. The minimum atomic E-state index is -1.14. The quantitative estimate of drug-likeness (QED) is 0.907. The lowest BCUT2D eigenvalue weighted by molar-refractivity contribution is -0.150. The van der Waals surface area contributed by atoms with E-state index in [1.807, 2.05) is 18.0 Å². The highest BCUT2D eigenvalue weighted by Gasteiger charge is 2.43. The number of carbonyl (C=O) groups is 1. The van der Waals surface area contributed by atoms with Crippen molar-refractivity contribution in [1.82, 2.24) is 9.80 Å². The lowest BCUT2D eigenvalue weighted by atomic mass is 9.94. The molecule has 2 heterocycles. The highest BCUT2D eigenvalue weighted by atomic mass is 32.2. The second kappa shape index (κ2) is 7.46. The number of likely N-dealkylation sites (N-methyl/N-ethyl adjacent to an activating group) is 1. The number of likely N-dealkylation sites (tertiary alicyclic amines) is 1. The zero-order chi connectivity index (χ0) is 17.2. The van der Waals surface area contributed by atoms with Crippen molar-refractivity contribution in [3.8, 4) is 0 Å². The van der Waals surface area contributed by atoms with Crippen LogP contribution in [0.25, 0.3) is 0 Å². The molecule has 1 aromatic carbocycles. The van der Waals surface area contributed by atoms with E-state index < -0.39 is 5.60 Å². The smallest absolute Gasteiger partial charge is 0.255 e. The summed E-state index contributed by atoms with van der Waals surface area (Å²) in [7, 11) is 1.87. The van der Waals surface area contributed by atoms with E-state index in [2.05, 4.69) is 36.1 Å². The second-order valence-electron chi connectivity index (χ2n) is 7.23. The largest absolute Gasteiger partial charge is 0.379 e. The van der Waals surface area contributed by atoms with Crippen LogP contribution in [0.15, 0.2) is 30.3 Å². The third-order valence-electron chi connectivity index (χ3n) is 5.48. The van der Waals surface area contributed by atoms with E-state index in [-0.39, 0.29) is 11.9 Å². The summed E-state index contributed by atoms with van der Waals surface area (Å²) in [6.07, 6.45) is 2.53. The lowest BCUT2D eigenvalue weighted by Gasteiger charge is -2.42. The molecule has 2 saturated heterocycles. The standard InChI is InChI=1S/C19H28N2O2S/c1-15-12-17(20(2)18(22)19(23)9-11-24-14-19)8-10-21(15)13-16-6-4-3-5-7-16/h3-7,15,17,23H,8-14H2,1-2H3. The maximum absolute atomic E-state index is 12.7. The predicted molar refractivity (Wildman–Crippen MR) is 99.0 cm³/mol. The molecule has 1 N–H and O–H groups in total. The van der Waals surface area contributed by atoms with Crippen LogP contribution in [0.5, 0.6) is 0 Å². The van der Waals surface area contributed by atoms with Crippen molar-refractivity contribution in [1.29, 1.82) is 0 Å². The summed E-state index contributed by atoms with van der Waals surface area (Å²) in [6.45, 7) is 4.20. The van der Waals surface area contributed by atoms with Gasteiger partial charge in [-0.05, 0) is 37.5 Å². The molecular formula is C19H28N2O2S. The molecule has 0 saturated carbocycles. The van der Waals surface area contributed by atoms with Crippen LogP contribution in [-0.2, 0) is 11.3 Å². The van der Waals surface area contributed by atoms with Crippen LogP contribution in [0.3, 0.4) is 0 Å². The molecule has 0 radical (unpaired) electrons. The zero-order valence-corrected chi connectivity index (χ0v) is 15.5. The van der Waals surface area contributed by atoms with Gasteiger partial charge in [-0.15, -0.1) is 0 Å². The van der Waals surface area contributed by atoms with Crippen molar-refractivity contribution >= 4 is 17.7 Å². The maximum atomic E-state index is 12.7.